The number of pyridine rings is 1. The Bertz CT molecular complexity index is 523. The first-order valence-corrected chi connectivity index (χ1v) is 4.70. The number of aromatic amines is 1. The first-order valence-electron chi connectivity index (χ1n) is 4.70. The van der Waals surface area contributed by atoms with Gasteiger partial charge in [-0.3, -0.25) is 9.59 Å². The van der Waals surface area contributed by atoms with Crippen molar-refractivity contribution < 1.29 is 9.53 Å². The van der Waals surface area contributed by atoms with Gasteiger partial charge in [0.2, 0.25) is 0 Å². The molecule has 0 saturated carbocycles. The maximum absolute atomic E-state index is 11.4. The summed E-state index contributed by atoms with van der Waals surface area (Å²) in [5.74, 6) is -0.401. The van der Waals surface area contributed by atoms with Gasteiger partial charge in [0.15, 0.2) is 0 Å². The zero-order valence-corrected chi connectivity index (χ0v) is 9.38. The maximum atomic E-state index is 11.4. The fourth-order valence-corrected chi connectivity index (χ4v) is 1.53. The average molecular weight is 220 g/mol. The summed E-state index contributed by atoms with van der Waals surface area (Å²) in [6.45, 7) is 3.34. The Morgan fingerprint density at radius 3 is 2.62 bits per heavy atom. The van der Waals surface area contributed by atoms with E-state index in [1.807, 2.05) is 6.07 Å². The lowest BCUT2D eigenvalue weighted by molar-refractivity contribution is -0.139. The normalized spacial score (nSPS) is 9.62. The number of nitriles is 1. The molecule has 84 valence electrons. The molecular formula is C11H12N2O3. The number of aryl methyl sites for hydroxylation is 1. The van der Waals surface area contributed by atoms with Gasteiger partial charge in [-0.25, -0.2) is 0 Å². The largest absolute Gasteiger partial charge is 0.469 e. The first kappa shape index (κ1) is 12.0. The molecule has 0 bridgehead atoms. The minimum Gasteiger partial charge on any atom is -0.469 e. The fourth-order valence-electron chi connectivity index (χ4n) is 1.53. The second kappa shape index (κ2) is 4.62. The van der Waals surface area contributed by atoms with E-state index in [4.69, 9.17) is 5.26 Å². The number of hydrogen-bond acceptors (Lipinski definition) is 4. The number of nitrogens with zero attached hydrogens (tertiary/aromatic N) is 1. The number of H-pyrrole nitrogens is 1. The summed E-state index contributed by atoms with van der Waals surface area (Å²) in [5.41, 5.74) is 1.39. The number of ether oxygens (including phenoxy) is 1. The van der Waals surface area contributed by atoms with E-state index in [1.165, 1.54) is 7.11 Å². The number of nitrogens with one attached hydrogen (secondary N) is 1. The van der Waals surface area contributed by atoms with Crippen molar-refractivity contribution in [2.75, 3.05) is 7.11 Å². The van der Waals surface area contributed by atoms with Gasteiger partial charge in [-0.05, 0) is 25.0 Å². The lowest BCUT2D eigenvalue weighted by atomic mass is 10.0. The third-order valence-electron chi connectivity index (χ3n) is 2.47. The Morgan fingerprint density at radius 2 is 2.12 bits per heavy atom. The van der Waals surface area contributed by atoms with Crippen LogP contribution in [0.15, 0.2) is 4.79 Å². The molecular weight excluding hydrogens is 208 g/mol. The molecule has 0 aliphatic heterocycles. The van der Waals surface area contributed by atoms with Gasteiger partial charge in [-0.1, -0.05) is 0 Å². The van der Waals surface area contributed by atoms with Crippen molar-refractivity contribution in [3.05, 3.63) is 32.7 Å². The second-order valence-electron chi connectivity index (χ2n) is 3.42. The van der Waals surface area contributed by atoms with Crippen LogP contribution in [0.3, 0.4) is 0 Å². The van der Waals surface area contributed by atoms with Crippen LogP contribution < -0.4 is 5.56 Å². The summed E-state index contributed by atoms with van der Waals surface area (Å²) in [6.07, 6.45) is 0.0552. The van der Waals surface area contributed by atoms with Crippen molar-refractivity contribution in [3.63, 3.8) is 0 Å². The van der Waals surface area contributed by atoms with Crippen LogP contribution in [0.25, 0.3) is 0 Å². The minimum atomic E-state index is -0.425. The van der Waals surface area contributed by atoms with Gasteiger partial charge in [0.25, 0.3) is 5.56 Å². The lowest BCUT2D eigenvalue weighted by Gasteiger charge is -2.09. The number of methoxy groups -OCH3 is 1. The molecule has 0 radical (unpaired) electrons. The Labute approximate surface area is 92.7 Å². The number of carbonyl (C=O) groups excluding carboxylic acids is 1. The molecule has 0 saturated heterocycles. The number of hydrogen-bond donors (Lipinski definition) is 1. The summed E-state index contributed by atoms with van der Waals surface area (Å²) >= 11 is 0. The molecule has 0 aliphatic carbocycles. The van der Waals surface area contributed by atoms with E-state index in [-0.39, 0.29) is 12.0 Å². The third kappa shape index (κ3) is 2.11. The van der Waals surface area contributed by atoms with Crippen molar-refractivity contribution in [1.29, 1.82) is 5.26 Å². The highest BCUT2D eigenvalue weighted by atomic mass is 16.5. The van der Waals surface area contributed by atoms with Gasteiger partial charge in [0.1, 0.15) is 11.6 Å². The first-order chi connectivity index (χ1) is 7.51. The highest BCUT2D eigenvalue weighted by Crippen LogP contribution is 2.13. The van der Waals surface area contributed by atoms with Crippen LogP contribution in [0.4, 0.5) is 0 Å². The van der Waals surface area contributed by atoms with Gasteiger partial charge >= 0.3 is 5.97 Å². The highest BCUT2D eigenvalue weighted by molar-refractivity contribution is 5.73. The van der Waals surface area contributed by atoms with Crippen molar-refractivity contribution in [2.24, 2.45) is 0 Å². The van der Waals surface area contributed by atoms with Gasteiger partial charge in [0.05, 0.1) is 13.5 Å². The molecule has 0 spiro atoms. The molecule has 1 rings (SSSR count). The van der Waals surface area contributed by atoms with E-state index in [9.17, 15) is 9.59 Å². The Balaban J connectivity index is 3.35. The van der Waals surface area contributed by atoms with E-state index >= 15 is 0 Å². The topological polar surface area (TPSA) is 83.0 Å². The predicted octanol–water partition coefficient (Wildman–Crippen LogP) is 0.579. The van der Waals surface area contributed by atoms with E-state index < -0.39 is 11.5 Å². The number of rotatable bonds is 2. The summed E-state index contributed by atoms with van der Waals surface area (Å²) in [5, 5.41) is 8.82. The van der Waals surface area contributed by atoms with Crippen LogP contribution in [-0.4, -0.2) is 18.1 Å². The predicted molar refractivity (Wildman–Crippen MR) is 57.0 cm³/mol. The molecule has 1 aromatic rings. The number of aromatic nitrogens is 1. The molecule has 5 nitrogen and oxygen atoms in total. The van der Waals surface area contributed by atoms with E-state index in [1.54, 1.807) is 13.8 Å². The summed E-state index contributed by atoms with van der Waals surface area (Å²) in [6, 6.07) is 1.83. The molecule has 5 heteroatoms. The quantitative estimate of drug-likeness (QED) is 0.739. The van der Waals surface area contributed by atoms with Crippen molar-refractivity contribution in [3.8, 4) is 6.07 Å². The Hall–Kier alpha value is -2.09. The molecule has 0 fully saturated rings. The van der Waals surface area contributed by atoms with E-state index in [2.05, 4.69) is 9.72 Å². The number of esters is 1. The molecule has 0 aromatic carbocycles. The molecule has 0 atom stereocenters. The van der Waals surface area contributed by atoms with Gasteiger partial charge in [-0.2, -0.15) is 5.26 Å². The van der Waals surface area contributed by atoms with Crippen LogP contribution in [0.5, 0.6) is 0 Å². The highest BCUT2D eigenvalue weighted by Gasteiger charge is 2.14. The van der Waals surface area contributed by atoms with Crippen LogP contribution in [-0.2, 0) is 16.0 Å². The Morgan fingerprint density at radius 1 is 1.50 bits per heavy atom. The molecule has 0 unspecified atom stereocenters. The van der Waals surface area contributed by atoms with Crippen LogP contribution in [0.1, 0.15) is 22.4 Å². The summed E-state index contributed by atoms with van der Waals surface area (Å²) in [4.78, 5) is 25.1. The van der Waals surface area contributed by atoms with Crippen molar-refractivity contribution in [1.82, 2.24) is 4.98 Å². The average Bonchev–Trinajstić information content (AvgIpc) is 2.24. The van der Waals surface area contributed by atoms with Crippen molar-refractivity contribution >= 4 is 5.97 Å². The smallest absolute Gasteiger partial charge is 0.310 e. The molecule has 0 aliphatic rings. The molecule has 1 N–H and O–H groups in total. The lowest BCUT2D eigenvalue weighted by Crippen LogP contribution is -2.18. The zero-order valence-electron chi connectivity index (χ0n) is 9.38. The molecule has 1 heterocycles. The molecule has 1 aromatic heterocycles. The molecule has 16 heavy (non-hydrogen) atoms. The zero-order chi connectivity index (χ0) is 12.3. The van der Waals surface area contributed by atoms with Crippen LogP contribution in [0, 0.1) is 25.2 Å². The fraction of sp³-hybridized carbons (Fsp3) is 0.364. The standard InChI is InChI=1S/C11H12N2O3/c1-6-8(4-10(14)16-3)7(2)13-11(15)9(6)5-12/h4H2,1-3H3,(H,13,15). The molecule has 0 amide bonds. The summed E-state index contributed by atoms with van der Waals surface area (Å²) < 4.78 is 4.55. The Kier molecular flexibility index (Phi) is 3.46. The second-order valence-corrected chi connectivity index (χ2v) is 3.42. The van der Waals surface area contributed by atoms with E-state index in [0.717, 1.165) is 0 Å². The monoisotopic (exact) mass is 220 g/mol. The van der Waals surface area contributed by atoms with E-state index in [0.29, 0.717) is 16.8 Å². The van der Waals surface area contributed by atoms with Gasteiger partial charge in [-0.15, -0.1) is 0 Å². The van der Waals surface area contributed by atoms with Crippen LogP contribution in [0.2, 0.25) is 0 Å². The van der Waals surface area contributed by atoms with Crippen molar-refractivity contribution in [2.45, 2.75) is 20.3 Å². The SMILES string of the molecule is COC(=O)Cc1c(C)[nH]c(=O)c(C#N)c1C. The number of carbonyl (C=O) groups is 1. The van der Waals surface area contributed by atoms with Gasteiger partial charge in [0, 0.05) is 5.69 Å². The maximum Gasteiger partial charge on any atom is 0.310 e. The van der Waals surface area contributed by atoms with Gasteiger partial charge < -0.3 is 9.72 Å². The minimum absolute atomic E-state index is 0.0458. The summed E-state index contributed by atoms with van der Waals surface area (Å²) in [7, 11) is 1.30. The third-order valence-corrected chi connectivity index (χ3v) is 2.47. The van der Waals surface area contributed by atoms with Crippen LogP contribution >= 0.6 is 0 Å².